The minimum atomic E-state index is 0.756. The average molecular weight is 468 g/mol. The molecule has 0 saturated carbocycles. The Morgan fingerprint density at radius 2 is 1.62 bits per heavy atom. The molecule has 0 radical (unpaired) electrons. The maximum absolute atomic E-state index is 5.89. The normalized spacial score (nSPS) is 10.8. The summed E-state index contributed by atoms with van der Waals surface area (Å²) in [6.45, 7) is 6.23. The minimum absolute atomic E-state index is 0.756. The standard InChI is InChI=1S/C26H33N3OS2/c1-3-4-17-28(2)18-9-19-29(21-25-12-8-20-32-25)26(31)27-22-13-15-24(16-14-22)30-23-10-6-5-7-11-23/h5-8,10-16,20H,3-4,9,17-19,21H2,1-2H3,(H,27,31). The number of benzene rings is 2. The number of nitrogens with zero attached hydrogens (tertiary/aromatic N) is 2. The second kappa shape index (κ2) is 13.2. The van der Waals surface area contributed by atoms with E-state index in [4.69, 9.17) is 17.0 Å². The zero-order chi connectivity index (χ0) is 22.6. The van der Waals surface area contributed by atoms with E-state index < -0.39 is 0 Å². The third-order valence-corrected chi connectivity index (χ3v) is 6.38. The average Bonchev–Trinajstić information content (AvgIpc) is 3.32. The van der Waals surface area contributed by atoms with E-state index in [0.717, 1.165) is 54.9 Å². The van der Waals surface area contributed by atoms with Crippen LogP contribution in [-0.4, -0.2) is 41.6 Å². The van der Waals surface area contributed by atoms with Gasteiger partial charge in [-0.2, -0.15) is 0 Å². The Morgan fingerprint density at radius 3 is 2.31 bits per heavy atom. The molecule has 0 aliphatic rings. The van der Waals surface area contributed by atoms with Crippen LogP contribution >= 0.6 is 23.6 Å². The van der Waals surface area contributed by atoms with E-state index in [-0.39, 0.29) is 0 Å². The van der Waals surface area contributed by atoms with Gasteiger partial charge in [-0.25, -0.2) is 0 Å². The fourth-order valence-corrected chi connectivity index (χ4v) is 4.34. The molecule has 2 aromatic carbocycles. The van der Waals surface area contributed by atoms with Crippen LogP contribution in [0.3, 0.4) is 0 Å². The molecule has 1 heterocycles. The van der Waals surface area contributed by atoms with E-state index in [1.807, 2.05) is 54.6 Å². The molecule has 0 spiro atoms. The Bertz CT molecular complexity index is 914. The number of thiocarbonyl (C=S) groups is 1. The smallest absolute Gasteiger partial charge is 0.173 e. The van der Waals surface area contributed by atoms with Crippen molar-refractivity contribution in [2.45, 2.75) is 32.7 Å². The van der Waals surface area contributed by atoms with Gasteiger partial charge in [0.2, 0.25) is 0 Å². The van der Waals surface area contributed by atoms with E-state index in [9.17, 15) is 0 Å². The molecule has 1 N–H and O–H groups in total. The van der Waals surface area contributed by atoms with Crippen molar-refractivity contribution in [1.29, 1.82) is 0 Å². The molecule has 3 rings (SSSR count). The summed E-state index contributed by atoms with van der Waals surface area (Å²) in [5, 5.41) is 6.29. The largest absolute Gasteiger partial charge is 0.457 e. The van der Waals surface area contributed by atoms with E-state index in [2.05, 4.69) is 46.6 Å². The van der Waals surface area contributed by atoms with Crippen LogP contribution in [0.25, 0.3) is 0 Å². The quantitative estimate of drug-likeness (QED) is 0.294. The van der Waals surface area contributed by atoms with Gasteiger partial charge < -0.3 is 19.9 Å². The molecule has 170 valence electrons. The zero-order valence-electron chi connectivity index (χ0n) is 19.0. The first-order chi connectivity index (χ1) is 15.6. The van der Waals surface area contributed by atoms with Gasteiger partial charge in [0.05, 0.1) is 6.54 Å². The van der Waals surface area contributed by atoms with Gasteiger partial charge in [0.25, 0.3) is 0 Å². The van der Waals surface area contributed by atoms with E-state index in [1.165, 1.54) is 17.7 Å². The first kappa shape index (κ1) is 24.2. The Labute approximate surface area is 201 Å². The summed E-state index contributed by atoms with van der Waals surface area (Å²) in [7, 11) is 2.20. The number of nitrogens with one attached hydrogen (secondary N) is 1. The van der Waals surface area contributed by atoms with E-state index in [0.29, 0.717) is 0 Å². The number of hydrogen-bond donors (Lipinski definition) is 1. The Morgan fingerprint density at radius 1 is 0.906 bits per heavy atom. The van der Waals surface area contributed by atoms with Crippen LogP contribution in [0.15, 0.2) is 72.1 Å². The summed E-state index contributed by atoms with van der Waals surface area (Å²) in [4.78, 5) is 6.00. The van der Waals surface area contributed by atoms with Crippen molar-refractivity contribution in [2.24, 2.45) is 0 Å². The van der Waals surface area contributed by atoms with Gasteiger partial charge in [-0.15, -0.1) is 11.3 Å². The predicted molar refractivity (Wildman–Crippen MR) is 141 cm³/mol. The molecule has 3 aromatic rings. The molecule has 6 heteroatoms. The van der Waals surface area contributed by atoms with Crippen molar-refractivity contribution in [3.05, 3.63) is 77.0 Å². The summed E-state index contributed by atoms with van der Waals surface area (Å²) < 4.78 is 5.89. The Hall–Kier alpha value is -2.41. The molecule has 32 heavy (non-hydrogen) atoms. The molecule has 4 nitrogen and oxygen atoms in total. The van der Waals surface area contributed by atoms with Crippen molar-refractivity contribution < 1.29 is 4.74 Å². The zero-order valence-corrected chi connectivity index (χ0v) is 20.6. The van der Waals surface area contributed by atoms with Crippen LogP contribution in [0.4, 0.5) is 5.69 Å². The highest BCUT2D eigenvalue weighted by Crippen LogP contribution is 2.23. The fourth-order valence-electron chi connectivity index (χ4n) is 3.35. The molecule has 0 aliphatic carbocycles. The van der Waals surface area contributed by atoms with Crippen molar-refractivity contribution >= 4 is 34.4 Å². The van der Waals surface area contributed by atoms with E-state index in [1.54, 1.807) is 11.3 Å². The molecule has 0 atom stereocenters. The van der Waals surface area contributed by atoms with Crippen LogP contribution < -0.4 is 10.1 Å². The number of para-hydroxylation sites is 1. The van der Waals surface area contributed by atoms with Crippen LogP contribution in [0, 0.1) is 0 Å². The lowest BCUT2D eigenvalue weighted by molar-refractivity contribution is 0.300. The minimum Gasteiger partial charge on any atom is -0.457 e. The molecule has 1 aromatic heterocycles. The Kier molecular flexibility index (Phi) is 10.0. The molecule has 0 aliphatic heterocycles. The highest BCUT2D eigenvalue weighted by atomic mass is 32.1. The number of hydrogen-bond acceptors (Lipinski definition) is 4. The van der Waals surface area contributed by atoms with Gasteiger partial charge in [0, 0.05) is 17.1 Å². The summed E-state index contributed by atoms with van der Waals surface area (Å²) in [5.74, 6) is 1.63. The summed E-state index contributed by atoms with van der Waals surface area (Å²) in [5.41, 5.74) is 0.964. The maximum Gasteiger partial charge on any atom is 0.173 e. The number of thiophene rings is 1. The monoisotopic (exact) mass is 467 g/mol. The molecule has 0 bridgehead atoms. The SMILES string of the molecule is CCCCN(C)CCCN(Cc1cccs1)C(=S)Nc1ccc(Oc2ccccc2)cc1. The second-order valence-corrected chi connectivity index (χ2v) is 9.30. The van der Waals surface area contributed by atoms with Crippen molar-refractivity contribution in [1.82, 2.24) is 9.80 Å². The van der Waals surface area contributed by atoms with Gasteiger partial charge in [-0.1, -0.05) is 37.6 Å². The van der Waals surface area contributed by atoms with Crippen molar-refractivity contribution in [2.75, 3.05) is 32.0 Å². The predicted octanol–water partition coefficient (Wildman–Crippen LogP) is 6.86. The summed E-state index contributed by atoms with van der Waals surface area (Å²) in [6, 6.07) is 22.0. The topological polar surface area (TPSA) is 27.7 Å². The number of anilines is 1. The second-order valence-electron chi connectivity index (χ2n) is 7.88. The van der Waals surface area contributed by atoms with Gasteiger partial charge >= 0.3 is 0 Å². The molecule has 0 saturated heterocycles. The third kappa shape index (κ3) is 8.26. The van der Waals surface area contributed by atoms with Gasteiger partial charge in [-0.3, -0.25) is 0 Å². The third-order valence-electron chi connectivity index (χ3n) is 5.16. The number of ether oxygens (including phenoxy) is 1. The molecular formula is C26H33N3OS2. The van der Waals surface area contributed by atoms with Gasteiger partial charge in [0.15, 0.2) is 5.11 Å². The lowest BCUT2D eigenvalue weighted by Gasteiger charge is -2.26. The van der Waals surface area contributed by atoms with Crippen LogP contribution in [0.2, 0.25) is 0 Å². The maximum atomic E-state index is 5.89. The molecule has 0 fully saturated rings. The number of unbranched alkanes of at least 4 members (excludes halogenated alkanes) is 1. The summed E-state index contributed by atoms with van der Waals surface area (Å²) in [6.07, 6.45) is 3.56. The first-order valence-electron chi connectivity index (χ1n) is 11.2. The number of rotatable bonds is 12. The Balaban J connectivity index is 1.56. The van der Waals surface area contributed by atoms with Crippen molar-refractivity contribution in [3.8, 4) is 11.5 Å². The first-order valence-corrected chi connectivity index (χ1v) is 12.5. The van der Waals surface area contributed by atoms with Crippen LogP contribution in [0.5, 0.6) is 11.5 Å². The van der Waals surface area contributed by atoms with Crippen LogP contribution in [0.1, 0.15) is 31.1 Å². The highest BCUT2D eigenvalue weighted by Gasteiger charge is 2.12. The molecular weight excluding hydrogens is 434 g/mol. The lowest BCUT2D eigenvalue weighted by Crippen LogP contribution is -2.36. The summed E-state index contributed by atoms with van der Waals surface area (Å²) >= 11 is 7.56. The van der Waals surface area contributed by atoms with Gasteiger partial charge in [-0.05, 0) is 93.0 Å². The van der Waals surface area contributed by atoms with Gasteiger partial charge in [0.1, 0.15) is 11.5 Å². The van der Waals surface area contributed by atoms with E-state index >= 15 is 0 Å². The molecule has 0 amide bonds. The van der Waals surface area contributed by atoms with Crippen LogP contribution in [-0.2, 0) is 6.54 Å². The fraction of sp³-hybridized carbons (Fsp3) is 0.346. The van der Waals surface area contributed by atoms with Crippen molar-refractivity contribution in [3.63, 3.8) is 0 Å². The lowest BCUT2D eigenvalue weighted by atomic mass is 10.3. The highest BCUT2D eigenvalue weighted by molar-refractivity contribution is 7.80. The molecule has 0 unspecified atom stereocenters.